The van der Waals surface area contributed by atoms with Gasteiger partial charge in [-0.3, -0.25) is 4.18 Å². The zero-order chi connectivity index (χ0) is 7.07. The molecule has 0 bridgehead atoms. The molecule has 2 atom stereocenters. The number of hydrogen-bond acceptors (Lipinski definition) is 3. The molecule has 1 saturated heterocycles. The maximum absolute atomic E-state index is 10.6. The van der Waals surface area contributed by atoms with Crippen LogP contribution >= 0.6 is 0 Å². The molecule has 3 nitrogen and oxygen atoms in total. The minimum Gasteiger partial charge on any atom is -0.265 e. The van der Waals surface area contributed by atoms with Gasteiger partial charge in [-0.1, -0.05) is 6.92 Å². The molecule has 1 rings (SSSR count). The van der Waals surface area contributed by atoms with Crippen molar-refractivity contribution in [1.82, 2.24) is 0 Å². The van der Waals surface area contributed by atoms with Crippen LogP contribution in [-0.2, 0) is 14.3 Å². The predicted molar refractivity (Wildman–Crippen MR) is 33.5 cm³/mol. The summed E-state index contributed by atoms with van der Waals surface area (Å²) < 4.78 is 25.7. The lowest BCUT2D eigenvalue weighted by Crippen LogP contribution is -2.46. The molecule has 9 heavy (non-hydrogen) atoms. The summed E-state index contributed by atoms with van der Waals surface area (Å²) in [5.41, 5.74) is 0. The summed E-state index contributed by atoms with van der Waals surface area (Å²) in [4.78, 5) is 0. The summed E-state index contributed by atoms with van der Waals surface area (Å²) in [6.45, 7) is 3.59. The highest BCUT2D eigenvalue weighted by atomic mass is 32.2. The Bertz CT molecular complexity index is 194. The molecule has 1 heterocycles. The van der Waals surface area contributed by atoms with Crippen LogP contribution in [0.5, 0.6) is 0 Å². The number of rotatable bonds is 1. The monoisotopic (exact) mass is 150 g/mol. The summed E-state index contributed by atoms with van der Waals surface area (Å²) in [6, 6.07) is 0. The molecule has 0 aromatic heterocycles. The zero-order valence-corrected chi connectivity index (χ0v) is 6.31. The van der Waals surface area contributed by atoms with Crippen LogP contribution < -0.4 is 0 Å². The van der Waals surface area contributed by atoms with Gasteiger partial charge in [-0.05, 0) is 13.3 Å². The lowest BCUT2D eigenvalue weighted by molar-refractivity contribution is 0.141. The van der Waals surface area contributed by atoms with Gasteiger partial charge in [0, 0.05) is 0 Å². The van der Waals surface area contributed by atoms with Crippen LogP contribution in [0.3, 0.4) is 0 Å². The molecule has 54 valence electrons. The molecule has 4 heteroatoms. The van der Waals surface area contributed by atoms with Gasteiger partial charge in [0.05, 0.1) is 6.10 Å². The molecule has 0 radical (unpaired) electrons. The van der Waals surface area contributed by atoms with E-state index in [0.717, 1.165) is 6.42 Å². The quantitative estimate of drug-likeness (QED) is 0.512. The van der Waals surface area contributed by atoms with Crippen LogP contribution in [0, 0.1) is 0 Å². The van der Waals surface area contributed by atoms with Crippen LogP contribution in [0.1, 0.15) is 20.3 Å². The maximum Gasteiger partial charge on any atom is 0.272 e. The summed E-state index contributed by atoms with van der Waals surface area (Å²) in [5.74, 6) is 0. The van der Waals surface area contributed by atoms with Gasteiger partial charge >= 0.3 is 0 Å². The van der Waals surface area contributed by atoms with Crippen molar-refractivity contribution in [2.75, 3.05) is 0 Å². The van der Waals surface area contributed by atoms with E-state index in [-0.39, 0.29) is 11.4 Å². The Balaban J connectivity index is 2.62. The molecule has 0 spiro atoms. The van der Waals surface area contributed by atoms with Crippen LogP contribution in [-0.4, -0.2) is 19.8 Å². The lowest BCUT2D eigenvalue weighted by atomic mass is 10.2. The summed E-state index contributed by atoms with van der Waals surface area (Å²) in [7, 11) is -3.12. The third-order valence-corrected chi connectivity index (χ3v) is 3.37. The summed E-state index contributed by atoms with van der Waals surface area (Å²) in [6.07, 6.45) is 0.718. The van der Waals surface area contributed by atoms with Gasteiger partial charge in [-0.15, -0.1) is 0 Å². The van der Waals surface area contributed by atoms with Crippen molar-refractivity contribution in [2.45, 2.75) is 31.6 Å². The molecule has 1 aliphatic rings. The van der Waals surface area contributed by atoms with Gasteiger partial charge in [-0.25, -0.2) is 0 Å². The van der Waals surface area contributed by atoms with Crippen LogP contribution in [0.4, 0.5) is 0 Å². The van der Waals surface area contributed by atoms with Crippen molar-refractivity contribution < 1.29 is 12.6 Å². The third-order valence-electron chi connectivity index (χ3n) is 1.64. The van der Waals surface area contributed by atoms with E-state index < -0.39 is 10.1 Å². The third kappa shape index (κ3) is 0.966. The van der Waals surface area contributed by atoms with Gasteiger partial charge in [0.1, 0.15) is 5.25 Å². The highest BCUT2D eigenvalue weighted by Crippen LogP contribution is 2.26. The molecular weight excluding hydrogens is 140 g/mol. The molecule has 0 unspecified atom stereocenters. The first-order valence-electron chi connectivity index (χ1n) is 3.00. The van der Waals surface area contributed by atoms with Crippen molar-refractivity contribution in [3.8, 4) is 0 Å². The maximum atomic E-state index is 10.6. The smallest absolute Gasteiger partial charge is 0.265 e. The van der Waals surface area contributed by atoms with Gasteiger partial charge < -0.3 is 0 Å². The van der Waals surface area contributed by atoms with Crippen LogP contribution in [0.2, 0.25) is 0 Å². The Labute approximate surface area is 55.1 Å². The van der Waals surface area contributed by atoms with E-state index >= 15 is 0 Å². The summed E-state index contributed by atoms with van der Waals surface area (Å²) >= 11 is 0. The van der Waals surface area contributed by atoms with Crippen molar-refractivity contribution in [2.24, 2.45) is 0 Å². The van der Waals surface area contributed by atoms with Crippen molar-refractivity contribution >= 4 is 10.1 Å². The number of hydrogen-bond donors (Lipinski definition) is 0. The van der Waals surface area contributed by atoms with E-state index in [0.29, 0.717) is 0 Å². The molecule has 0 saturated carbocycles. The molecule has 0 aromatic carbocycles. The SMILES string of the molecule is CC[C@@H]1OS(=O)(=O)[C@@H]1C. The highest BCUT2D eigenvalue weighted by Gasteiger charge is 2.42. The highest BCUT2D eigenvalue weighted by molar-refractivity contribution is 7.88. The van der Waals surface area contributed by atoms with E-state index in [4.69, 9.17) is 0 Å². The minimum atomic E-state index is -3.12. The van der Waals surface area contributed by atoms with Gasteiger partial charge in [-0.2, -0.15) is 8.42 Å². The second-order valence-electron chi connectivity index (χ2n) is 2.24. The first-order valence-corrected chi connectivity index (χ1v) is 4.47. The first-order chi connectivity index (χ1) is 4.08. The fraction of sp³-hybridized carbons (Fsp3) is 1.00. The molecule has 0 aliphatic carbocycles. The van der Waals surface area contributed by atoms with E-state index in [9.17, 15) is 8.42 Å². The van der Waals surface area contributed by atoms with E-state index in [1.165, 1.54) is 0 Å². The van der Waals surface area contributed by atoms with Crippen LogP contribution in [0.15, 0.2) is 0 Å². The minimum absolute atomic E-state index is 0.0602. The van der Waals surface area contributed by atoms with Gasteiger partial charge in [0.25, 0.3) is 10.1 Å². The van der Waals surface area contributed by atoms with E-state index in [1.54, 1.807) is 6.92 Å². The average Bonchev–Trinajstić information content (AvgIpc) is 1.82. The Morgan fingerprint density at radius 3 is 2.22 bits per heavy atom. The topological polar surface area (TPSA) is 43.4 Å². The fourth-order valence-electron chi connectivity index (χ4n) is 0.870. The lowest BCUT2D eigenvalue weighted by Gasteiger charge is -2.31. The van der Waals surface area contributed by atoms with Gasteiger partial charge in [0.2, 0.25) is 0 Å². The Kier molecular flexibility index (Phi) is 1.52. The normalized spacial score (nSPS) is 39.8. The summed E-state index contributed by atoms with van der Waals surface area (Å²) in [5, 5.41) is -0.289. The van der Waals surface area contributed by atoms with E-state index in [2.05, 4.69) is 4.18 Å². The van der Waals surface area contributed by atoms with Gasteiger partial charge in [0.15, 0.2) is 0 Å². The molecular formula is C5H10O3S. The van der Waals surface area contributed by atoms with E-state index in [1.807, 2.05) is 6.92 Å². The Hall–Kier alpha value is -0.0900. The molecule has 0 N–H and O–H groups in total. The van der Waals surface area contributed by atoms with Crippen molar-refractivity contribution in [1.29, 1.82) is 0 Å². The standard InChI is InChI=1S/C5H10O3S/c1-3-5-4(2)9(6,7)8-5/h4-5H,3H2,1-2H3/t4-,5+/m1/s1. The molecule has 0 aromatic rings. The fourth-order valence-corrected chi connectivity index (χ4v) is 2.14. The Morgan fingerprint density at radius 1 is 1.56 bits per heavy atom. The van der Waals surface area contributed by atoms with Crippen LogP contribution in [0.25, 0.3) is 0 Å². The van der Waals surface area contributed by atoms with Crippen molar-refractivity contribution in [3.63, 3.8) is 0 Å². The zero-order valence-electron chi connectivity index (χ0n) is 5.49. The Morgan fingerprint density at radius 2 is 2.11 bits per heavy atom. The second-order valence-corrected chi connectivity index (χ2v) is 4.16. The largest absolute Gasteiger partial charge is 0.272 e. The predicted octanol–water partition coefficient (Wildman–Crippen LogP) is 0.513. The van der Waals surface area contributed by atoms with Crippen molar-refractivity contribution in [3.05, 3.63) is 0 Å². The second kappa shape index (κ2) is 1.95. The molecule has 0 amide bonds. The average molecular weight is 150 g/mol. The molecule has 1 aliphatic heterocycles. The molecule has 1 fully saturated rings. The first kappa shape index (κ1) is 7.02.